The predicted octanol–water partition coefficient (Wildman–Crippen LogP) is 2.28. The van der Waals surface area contributed by atoms with Gasteiger partial charge in [-0.1, -0.05) is 6.92 Å². The molecule has 1 heterocycles. The summed E-state index contributed by atoms with van der Waals surface area (Å²) in [5.41, 5.74) is 0. The fourth-order valence-corrected chi connectivity index (χ4v) is 6.28. The van der Waals surface area contributed by atoms with E-state index in [4.69, 9.17) is 0 Å². The van der Waals surface area contributed by atoms with Gasteiger partial charge in [0.05, 0.1) is 9.79 Å². The smallest absolute Gasteiger partial charge is 0.207 e. The standard InChI is InChI=1S/C17H26N2O4S2/c1-2-11-19(14-15-5-6-15)25(22,23)17-9-7-16(8-10-17)24(20,21)18-12-3-4-13-18/h7-10,15H,2-6,11-14H2,1H3. The monoisotopic (exact) mass is 386 g/mol. The van der Waals surface area contributed by atoms with Gasteiger partial charge in [0.1, 0.15) is 0 Å². The van der Waals surface area contributed by atoms with Crippen molar-refractivity contribution in [3.05, 3.63) is 24.3 Å². The first kappa shape index (κ1) is 18.8. The van der Waals surface area contributed by atoms with E-state index in [1.165, 1.54) is 32.9 Å². The van der Waals surface area contributed by atoms with E-state index < -0.39 is 20.0 Å². The lowest BCUT2D eigenvalue weighted by Gasteiger charge is -2.22. The Balaban J connectivity index is 1.82. The quantitative estimate of drug-likeness (QED) is 0.687. The van der Waals surface area contributed by atoms with Gasteiger partial charge in [0, 0.05) is 26.2 Å². The molecule has 0 aromatic heterocycles. The second-order valence-corrected chi connectivity index (χ2v) is 10.8. The van der Waals surface area contributed by atoms with Gasteiger partial charge >= 0.3 is 0 Å². The van der Waals surface area contributed by atoms with Crippen LogP contribution in [-0.2, 0) is 20.0 Å². The molecule has 0 amide bonds. The first-order valence-electron chi connectivity index (χ1n) is 8.96. The second-order valence-electron chi connectivity index (χ2n) is 6.89. The molecule has 1 aliphatic carbocycles. The summed E-state index contributed by atoms with van der Waals surface area (Å²) in [4.78, 5) is 0.333. The summed E-state index contributed by atoms with van der Waals surface area (Å²) in [5.74, 6) is 0.469. The molecule has 1 saturated carbocycles. The Labute approximate surface area is 150 Å². The van der Waals surface area contributed by atoms with Crippen LogP contribution in [0.25, 0.3) is 0 Å². The maximum Gasteiger partial charge on any atom is 0.243 e. The van der Waals surface area contributed by atoms with Crippen LogP contribution < -0.4 is 0 Å². The van der Waals surface area contributed by atoms with Crippen LogP contribution in [-0.4, -0.2) is 51.6 Å². The van der Waals surface area contributed by atoms with E-state index >= 15 is 0 Å². The van der Waals surface area contributed by atoms with E-state index in [-0.39, 0.29) is 9.79 Å². The summed E-state index contributed by atoms with van der Waals surface area (Å²) < 4.78 is 53.8. The van der Waals surface area contributed by atoms with Crippen LogP contribution in [0.4, 0.5) is 0 Å². The topological polar surface area (TPSA) is 74.8 Å². The highest BCUT2D eigenvalue weighted by Gasteiger charge is 2.32. The Morgan fingerprint density at radius 2 is 1.56 bits per heavy atom. The molecule has 0 bridgehead atoms. The van der Waals surface area contributed by atoms with Gasteiger partial charge in [0.2, 0.25) is 20.0 Å². The summed E-state index contributed by atoms with van der Waals surface area (Å²) in [5, 5.41) is 0. The normalized spacial score (nSPS) is 19.6. The maximum atomic E-state index is 12.9. The van der Waals surface area contributed by atoms with Crippen molar-refractivity contribution in [3.8, 4) is 0 Å². The molecule has 1 aromatic carbocycles. The van der Waals surface area contributed by atoms with E-state index in [2.05, 4.69) is 0 Å². The van der Waals surface area contributed by atoms with Crippen molar-refractivity contribution in [2.45, 2.75) is 48.8 Å². The zero-order valence-electron chi connectivity index (χ0n) is 14.6. The van der Waals surface area contributed by atoms with Gasteiger partial charge in [-0.2, -0.15) is 8.61 Å². The van der Waals surface area contributed by atoms with E-state index in [0.29, 0.717) is 32.1 Å². The molecule has 1 aromatic rings. The van der Waals surface area contributed by atoms with E-state index in [1.807, 2.05) is 6.92 Å². The number of nitrogens with zero attached hydrogens (tertiary/aromatic N) is 2. The molecule has 2 fully saturated rings. The highest BCUT2D eigenvalue weighted by atomic mass is 32.2. The zero-order chi connectivity index (χ0) is 18.1. The van der Waals surface area contributed by atoms with Crippen LogP contribution in [0.2, 0.25) is 0 Å². The lowest BCUT2D eigenvalue weighted by Crippen LogP contribution is -2.33. The average Bonchev–Trinajstić information content (AvgIpc) is 3.23. The van der Waals surface area contributed by atoms with Gasteiger partial charge < -0.3 is 0 Å². The number of rotatable bonds is 8. The third-order valence-corrected chi connectivity index (χ3v) is 8.59. The zero-order valence-corrected chi connectivity index (χ0v) is 16.2. The summed E-state index contributed by atoms with van der Waals surface area (Å²) in [6.07, 6.45) is 4.68. The van der Waals surface area contributed by atoms with E-state index in [0.717, 1.165) is 32.1 Å². The Hall–Kier alpha value is -0.960. The molecule has 1 saturated heterocycles. The molecule has 1 aliphatic heterocycles. The van der Waals surface area contributed by atoms with E-state index in [9.17, 15) is 16.8 Å². The molecule has 8 heteroatoms. The molecule has 25 heavy (non-hydrogen) atoms. The van der Waals surface area contributed by atoms with Crippen LogP contribution in [0.3, 0.4) is 0 Å². The molecule has 0 unspecified atom stereocenters. The van der Waals surface area contributed by atoms with E-state index in [1.54, 1.807) is 0 Å². The Bertz CT molecular complexity index is 794. The summed E-state index contributed by atoms with van der Waals surface area (Å²) in [6.45, 7) is 4.08. The Morgan fingerprint density at radius 1 is 1.00 bits per heavy atom. The van der Waals surface area contributed by atoms with Crippen LogP contribution in [0.15, 0.2) is 34.1 Å². The summed E-state index contributed by atoms with van der Waals surface area (Å²) in [6, 6.07) is 5.69. The average molecular weight is 387 g/mol. The molecule has 0 radical (unpaired) electrons. The molecule has 0 atom stereocenters. The second kappa shape index (κ2) is 7.34. The molecular formula is C17H26N2O4S2. The Morgan fingerprint density at radius 3 is 2.08 bits per heavy atom. The first-order chi connectivity index (χ1) is 11.9. The molecule has 6 nitrogen and oxygen atoms in total. The number of hydrogen-bond donors (Lipinski definition) is 0. The highest BCUT2D eigenvalue weighted by Crippen LogP contribution is 2.32. The lowest BCUT2D eigenvalue weighted by molar-refractivity contribution is 0.395. The maximum absolute atomic E-state index is 12.9. The third-order valence-electron chi connectivity index (χ3n) is 4.80. The van der Waals surface area contributed by atoms with Crippen LogP contribution >= 0.6 is 0 Å². The summed E-state index contributed by atoms with van der Waals surface area (Å²) in [7, 11) is -7.09. The minimum absolute atomic E-state index is 0.164. The minimum atomic E-state index is -3.57. The molecule has 2 aliphatic rings. The fourth-order valence-electron chi connectivity index (χ4n) is 3.16. The first-order valence-corrected chi connectivity index (χ1v) is 11.8. The fraction of sp³-hybridized carbons (Fsp3) is 0.647. The lowest BCUT2D eigenvalue weighted by atomic mass is 10.4. The van der Waals surface area contributed by atoms with Crippen molar-refractivity contribution in [1.29, 1.82) is 0 Å². The molecule has 3 rings (SSSR count). The van der Waals surface area contributed by atoms with Gasteiger partial charge in [-0.3, -0.25) is 0 Å². The third kappa shape index (κ3) is 4.07. The predicted molar refractivity (Wildman–Crippen MR) is 96.2 cm³/mol. The SMILES string of the molecule is CCCN(CC1CC1)S(=O)(=O)c1ccc(S(=O)(=O)N2CCCC2)cc1. The van der Waals surface area contributed by atoms with Crippen molar-refractivity contribution in [1.82, 2.24) is 8.61 Å². The number of hydrogen-bond acceptors (Lipinski definition) is 4. The number of sulfonamides is 2. The van der Waals surface area contributed by atoms with Crippen molar-refractivity contribution in [2.75, 3.05) is 26.2 Å². The molecule has 140 valence electrons. The highest BCUT2D eigenvalue weighted by molar-refractivity contribution is 7.89. The van der Waals surface area contributed by atoms with Crippen LogP contribution in [0.1, 0.15) is 39.0 Å². The van der Waals surface area contributed by atoms with Crippen molar-refractivity contribution in [3.63, 3.8) is 0 Å². The van der Waals surface area contributed by atoms with Gasteiger partial charge in [-0.25, -0.2) is 16.8 Å². The molecule has 0 N–H and O–H groups in total. The van der Waals surface area contributed by atoms with Gasteiger partial charge in [0.15, 0.2) is 0 Å². The van der Waals surface area contributed by atoms with Gasteiger partial charge in [-0.15, -0.1) is 0 Å². The van der Waals surface area contributed by atoms with Crippen molar-refractivity contribution in [2.24, 2.45) is 5.92 Å². The molecular weight excluding hydrogens is 360 g/mol. The van der Waals surface area contributed by atoms with Crippen molar-refractivity contribution < 1.29 is 16.8 Å². The Kier molecular flexibility index (Phi) is 5.53. The van der Waals surface area contributed by atoms with Gasteiger partial charge in [0.25, 0.3) is 0 Å². The summed E-state index contributed by atoms with van der Waals surface area (Å²) >= 11 is 0. The van der Waals surface area contributed by atoms with Crippen LogP contribution in [0.5, 0.6) is 0 Å². The van der Waals surface area contributed by atoms with Crippen molar-refractivity contribution >= 4 is 20.0 Å². The van der Waals surface area contributed by atoms with Gasteiger partial charge in [-0.05, 0) is 62.3 Å². The number of benzene rings is 1. The van der Waals surface area contributed by atoms with Crippen LogP contribution in [0, 0.1) is 5.92 Å². The largest absolute Gasteiger partial charge is 0.243 e. The molecule has 0 spiro atoms. The minimum Gasteiger partial charge on any atom is -0.207 e.